The predicted molar refractivity (Wildman–Crippen MR) is 89.9 cm³/mol. The normalized spacial score (nSPS) is 16.9. The average molecular weight is 312 g/mol. The van der Waals surface area contributed by atoms with Crippen LogP contribution in [0.4, 0.5) is 0 Å². The molecule has 5 nitrogen and oxygen atoms in total. The molecule has 1 aliphatic rings. The van der Waals surface area contributed by atoms with Crippen molar-refractivity contribution in [2.75, 3.05) is 19.6 Å². The van der Waals surface area contributed by atoms with Gasteiger partial charge < -0.3 is 10.3 Å². The number of likely N-dealkylation sites (tertiary alicyclic amines) is 1. The number of H-pyrrole nitrogens is 1. The van der Waals surface area contributed by atoms with Crippen molar-refractivity contribution < 1.29 is 4.79 Å². The first-order valence-electron chi connectivity index (χ1n) is 8.36. The number of amides is 1. The van der Waals surface area contributed by atoms with E-state index in [-0.39, 0.29) is 11.9 Å². The number of aromatic amines is 1. The number of nitrogens with one attached hydrogen (secondary N) is 2. The van der Waals surface area contributed by atoms with Gasteiger partial charge in [-0.1, -0.05) is 36.8 Å². The Morgan fingerprint density at radius 2 is 2.00 bits per heavy atom. The maximum absolute atomic E-state index is 12.2. The highest BCUT2D eigenvalue weighted by Crippen LogP contribution is 2.23. The Hall–Kier alpha value is -2.14. The van der Waals surface area contributed by atoms with Gasteiger partial charge in [0.1, 0.15) is 0 Å². The Morgan fingerprint density at radius 1 is 1.22 bits per heavy atom. The zero-order valence-electron chi connectivity index (χ0n) is 13.4. The van der Waals surface area contributed by atoms with Gasteiger partial charge in [-0.05, 0) is 31.5 Å². The minimum atomic E-state index is 0.0344. The van der Waals surface area contributed by atoms with Gasteiger partial charge in [0.15, 0.2) is 0 Å². The zero-order chi connectivity index (χ0) is 15.9. The maximum atomic E-state index is 12.2. The van der Waals surface area contributed by atoms with Crippen LogP contribution in [0.25, 0.3) is 0 Å². The lowest BCUT2D eigenvalue weighted by molar-refractivity contribution is -0.120. The minimum absolute atomic E-state index is 0.0344. The quantitative estimate of drug-likeness (QED) is 0.860. The van der Waals surface area contributed by atoms with E-state index in [0.717, 1.165) is 18.8 Å². The van der Waals surface area contributed by atoms with Crippen molar-refractivity contribution in [1.29, 1.82) is 0 Å². The van der Waals surface area contributed by atoms with Gasteiger partial charge in [0.2, 0.25) is 5.91 Å². The molecule has 0 spiro atoms. The molecule has 3 rings (SSSR count). The van der Waals surface area contributed by atoms with Crippen LogP contribution in [-0.2, 0) is 11.2 Å². The number of carbonyl (C=O) groups excluding carboxylic acids is 1. The Kier molecular flexibility index (Phi) is 5.42. The number of hydrogen-bond donors (Lipinski definition) is 2. The van der Waals surface area contributed by atoms with E-state index in [9.17, 15) is 4.79 Å². The van der Waals surface area contributed by atoms with Crippen LogP contribution in [-0.4, -0.2) is 40.4 Å². The highest BCUT2D eigenvalue weighted by Gasteiger charge is 2.22. The molecule has 5 heteroatoms. The predicted octanol–water partition coefficient (Wildman–Crippen LogP) is 2.30. The van der Waals surface area contributed by atoms with E-state index in [4.69, 9.17) is 0 Å². The number of rotatable bonds is 6. The second-order valence-electron chi connectivity index (χ2n) is 6.08. The van der Waals surface area contributed by atoms with E-state index in [0.29, 0.717) is 13.0 Å². The summed E-state index contributed by atoms with van der Waals surface area (Å²) >= 11 is 0. The molecule has 23 heavy (non-hydrogen) atoms. The first kappa shape index (κ1) is 15.7. The Morgan fingerprint density at radius 3 is 2.70 bits per heavy atom. The minimum Gasteiger partial charge on any atom is -0.354 e. The first-order chi connectivity index (χ1) is 11.3. The Labute approximate surface area is 137 Å². The monoisotopic (exact) mass is 312 g/mol. The van der Waals surface area contributed by atoms with Gasteiger partial charge >= 0.3 is 0 Å². The number of hydrogen-bond acceptors (Lipinski definition) is 3. The van der Waals surface area contributed by atoms with Gasteiger partial charge in [0.05, 0.1) is 18.8 Å². The molecule has 0 bridgehead atoms. The molecule has 1 fully saturated rings. The summed E-state index contributed by atoms with van der Waals surface area (Å²) in [6.45, 7) is 2.86. The topological polar surface area (TPSA) is 61.0 Å². The van der Waals surface area contributed by atoms with E-state index in [1.54, 1.807) is 12.5 Å². The summed E-state index contributed by atoms with van der Waals surface area (Å²) in [4.78, 5) is 21.6. The molecule has 0 unspecified atom stereocenters. The van der Waals surface area contributed by atoms with Crippen LogP contribution < -0.4 is 5.32 Å². The number of imidazole rings is 1. The fourth-order valence-corrected chi connectivity index (χ4v) is 3.19. The third-order valence-electron chi connectivity index (χ3n) is 4.41. The molecule has 1 aromatic carbocycles. The lowest BCUT2D eigenvalue weighted by Gasteiger charge is -2.35. The highest BCUT2D eigenvalue weighted by molar-refractivity contribution is 5.78. The third-order valence-corrected chi connectivity index (χ3v) is 4.41. The van der Waals surface area contributed by atoms with Crippen molar-refractivity contribution in [2.45, 2.75) is 31.7 Å². The summed E-state index contributed by atoms with van der Waals surface area (Å²) in [7, 11) is 0. The molecule has 2 heterocycles. The summed E-state index contributed by atoms with van der Waals surface area (Å²) in [5.41, 5.74) is 2.12. The zero-order valence-corrected chi connectivity index (χ0v) is 13.4. The van der Waals surface area contributed by atoms with Gasteiger partial charge in [-0.2, -0.15) is 0 Å². The van der Waals surface area contributed by atoms with Crippen molar-refractivity contribution in [2.24, 2.45) is 0 Å². The van der Waals surface area contributed by atoms with E-state index < -0.39 is 0 Å². The Balaban J connectivity index is 1.62. The largest absolute Gasteiger partial charge is 0.354 e. The fourth-order valence-electron chi connectivity index (χ4n) is 3.19. The lowest BCUT2D eigenvalue weighted by atomic mass is 10.0. The van der Waals surface area contributed by atoms with E-state index in [2.05, 4.69) is 44.5 Å². The summed E-state index contributed by atoms with van der Waals surface area (Å²) in [6.07, 6.45) is 7.44. The summed E-state index contributed by atoms with van der Waals surface area (Å²) in [5, 5.41) is 3.09. The van der Waals surface area contributed by atoms with Crippen LogP contribution in [0.1, 0.15) is 36.6 Å². The van der Waals surface area contributed by atoms with Crippen LogP contribution in [0.3, 0.4) is 0 Å². The molecule has 122 valence electrons. The smallest absolute Gasteiger partial charge is 0.226 e. The molecule has 1 aromatic heterocycles. The van der Waals surface area contributed by atoms with Crippen LogP contribution in [0.5, 0.6) is 0 Å². The molecule has 0 aliphatic carbocycles. The maximum Gasteiger partial charge on any atom is 0.226 e. The van der Waals surface area contributed by atoms with Crippen LogP contribution in [0.15, 0.2) is 42.9 Å². The Bertz CT molecular complexity index is 591. The average Bonchev–Trinajstić information content (AvgIpc) is 3.10. The summed E-state index contributed by atoms with van der Waals surface area (Å²) in [5.74, 6) is 0.0344. The van der Waals surface area contributed by atoms with Gasteiger partial charge in [-0.3, -0.25) is 9.69 Å². The molecule has 1 saturated heterocycles. The molecule has 1 aliphatic heterocycles. The molecule has 1 amide bonds. The lowest BCUT2D eigenvalue weighted by Crippen LogP contribution is -2.41. The van der Waals surface area contributed by atoms with Gasteiger partial charge in [0, 0.05) is 18.4 Å². The van der Waals surface area contributed by atoms with Crippen molar-refractivity contribution in [1.82, 2.24) is 20.2 Å². The van der Waals surface area contributed by atoms with E-state index in [1.807, 2.05) is 6.07 Å². The molecule has 1 atom stereocenters. The first-order valence-corrected chi connectivity index (χ1v) is 8.36. The van der Waals surface area contributed by atoms with Crippen molar-refractivity contribution >= 4 is 5.91 Å². The second kappa shape index (κ2) is 7.92. The molecular formula is C18H24N4O. The SMILES string of the molecule is O=C(Cc1cnc[nH]1)NC[C@@H](c1ccccc1)N1CCCCC1. The van der Waals surface area contributed by atoms with Crippen molar-refractivity contribution in [3.05, 3.63) is 54.1 Å². The summed E-state index contributed by atoms with van der Waals surface area (Å²) < 4.78 is 0. The van der Waals surface area contributed by atoms with Gasteiger partial charge in [-0.15, -0.1) is 0 Å². The van der Waals surface area contributed by atoms with Crippen LogP contribution in [0, 0.1) is 0 Å². The number of aromatic nitrogens is 2. The van der Waals surface area contributed by atoms with Crippen LogP contribution in [0.2, 0.25) is 0 Å². The number of piperidine rings is 1. The molecule has 2 aromatic rings. The number of benzene rings is 1. The van der Waals surface area contributed by atoms with Gasteiger partial charge in [0.25, 0.3) is 0 Å². The standard InChI is InChI=1S/C18H24N4O/c23-18(11-16-12-19-14-21-16)20-13-17(15-7-3-1-4-8-15)22-9-5-2-6-10-22/h1,3-4,7-8,12,14,17H,2,5-6,9-11,13H2,(H,19,21)(H,20,23)/t17-/m0/s1. The van der Waals surface area contributed by atoms with Crippen LogP contribution >= 0.6 is 0 Å². The highest BCUT2D eigenvalue weighted by atomic mass is 16.1. The van der Waals surface area contributed by atoms with Gasteiger partial charge in [-0.25, -0.2) is 4.98 Å². The van der Waals surface area contributed by atoms with E-state index >= 15 is 0 Å². The summed E-state index contributed by atoms with van der Waals surface area (Å²) in [6, 6.07) is 10.7. The third kappa shape index (κ3) is 4.42. The van der Waals surface area contributed by atoms with Crippen molar-refractivity contribution in [3.63, 3.8) is 0 Å². The fraction of sp³-hybridized carbons (Fsp3) is 0.444. The molecule has 2 N–H and O–H groups in total. The van der Waals surface area contributed by atoms with E-state index in [1.165, 1.54) is 24.8 Å². The molecule has 0 radical (unpaired) electrons. The molecule has 0 saturated carbocycles. The second-order valence-corrected chi connectivity index (χ2v) is 6.08. The molecular weight excluding hydrogens is 288 g/mol. The number of nitrogens with zero attached hydrogens (tertiary/aromatic N) is 2. The van der Waals surface area contributed by atoms with Crippen molar-refractivity contribution in [3.8, 4) is 0 Å². The number of carbonyl (C=O) groups is 1.